The molecule has 6 heteroatoms. The van der Waals surface area contributed by atoms with Gasteiger partial charge < -0.3 is 14.2 Å². The summed E-state index contributed by atoms with van der Waals surface area (Å²) in [7, 11) is 1.59. The largest absolute Gasteiger partial charge is 0.493 e. The standard InChI is InChI=1S/C20H19NO4S/c1-3-24-17-12-14(8-10-16(17)23-2)9-11-20(22)25-13-19-21-15-6-4-5-7-18(15)26-19/h4-12H,3,13H2,1-2H3/b11-9+. The monoisotopic (exact) mass is 369 g/mol. The number of carbonyl (C=O) groups excluding carboxylic acids is 1. The van der Waals surface area contributed by atoms with Crippen LogP contribution in [0.3, 0.4) is 0 Å². The van der Waals surface area contributed by atoms with Crippen LogP contribution in [0.4, 0.5) is 0 Å². The van der Waals surface area contributed by atoms with Crippen molar-refractivity contribution in [2.24, 2.45) is 0 Å². The van der Waals surface area contributed by atoms with E-state index in [4.69, 9.17) is 14.2 Å². The highest BCUT2D eigenvalue weighted by atomic mass is 32.1. The molecule has 0 atom stereocenters. The van der Waals surface area contributed by atoms with Gasteiger partial charge in [0.25, 0.3) is 0 Å². The number of methoxy groups -OCH3 is 1. The number of ether oxygens (including phenoxy) is 3. The van der Waals surface area contributed by atoms with Crippen molar-refractivity contribution < 1.29 is 19.0 Å². The fourth-order valence-corrected chi connectivity index (χ4v) is 3.27. The maximum atomic E-state index is 12.0. The summed E-state index contributed by atoms with van der Waals surface area (Å²) < 4.78 is 17.1. The lowest BCUT2D eigenvalue weighted by molar-refractivity contribution is -0.138. The van der Waals surface area contributed by atoms with Gasteiger partial charge in [0.1, 0.15) is 11.6 Å². The number of esters is 1. The molecule has 5 nitrogen and oxygen atoms in total. The molecule has 0 N–H and O–H groups in total. The van der Waals surface area contributed by atoms with Gasteiger partial charge in [0, 0.05) is 6.08 Å². The maximum Gasteiger partial charge on any atom is 0.331 e. The van der Waals surface area contributed by atoms with Gasteiger partial charge in [-0.1, -0.05) is 18.2 Å². The quantitative estimate of drug-likeness (QED) is 0.455. The van der Waals surface area contributed by atoms with Crippen LogP contribution in [0.2, 0.25) is 0 Å². The Hall–Kier alpha value is -2.86. The summed E-state index contributed by atoms with van der Waals surface area (Å²) in [4.78, 5) is 16.4. The van der Waals surface area contributed by atoms with Crippen LogP contribution in [0, 0.1) is 0 Å². The Morgan fingerprint density at radius 1 is 1.19 bits per heavy atom. The van der Waals surface area contributed by atoms with E-state index in [1.54, 1.807) is 19.3 Å². The third kappa shape index (κ3) is 4.40. The maximum absolute atomic E-state index is 12.0. The van der Waals surface area contributed by atoms with E-state index in [1.807, 2.05) is 43.3 Å². The summed E-state index contributed by atoms with van der Waals surface area (Å²) in [6.45, 7) is 2.60. The van der Waals surface area contributed by atoms with Crippen molar-refractivity contribution in [2.75, 3.05) is 13.7 Å². The minimum atomic E-state index is -0.418. The van der Waals surface area contributed by atoms with Crippen LogP contribution >= 0.6 is 11.3 Å². The number of nitrogens with zero attached hydrogens (tertiary/aromatic N) is 1. The van der Waals surface area contributed by atoms with E-state index in [1.165, 1.54) is 17.4 Å². The first-order chi connectivity index (χ1) is 12.7. The summed E-state index contributed by atoms with van der Waals surface area (Å²) in [6.07, 6.45) is 3.08. The summed E-state index contributed by atoms with van der Waals surface area (Å²) in [5.41, 5.74) is 1.74. The van der Waals surface area contributed by atoms with Crippen molar-refractivity contribution in [3.8, 4) is 11.5 Å². The highest BCUT2D eigenvalue weighted by Crippen LogP contribution is 2.28. The molecule has 3 rings (SSSR count). The molecule has 2 aromatic carbocycles. The third-order valence-electron chi connectivity index (χ3n) is 3.58. The van der Waals surface area contributed by atoms with Crippen LogP contribution in [0.15, 0.2) is 48.5 Å². The van der Waals surface area contributed by atoms with Crippen LogP contribution in [0.25, 0.3) is 16.3 Å². The van der Waals surface area contributed by atoms with Gasteiger partial charge in [0.05, 0.1) is 23.9 Å². The molecular formula is C20H19NO4S. The van der Waals surface area contributed by atoms with Crippen LogP contribution in [0.1, 0.15) is 17.5 Å². The van der Waals surface area contributed by atoms with Gasteiger partial charge in [0.2, 0.25) is 0 Å². The lowest BCUT2D eigenvalue weighted by atomic mass is 10.2. The fourth-order valence-electron chi connectivity index (χ4n) is 2.39. The minimum Gasteiger partial charge on any atom is -0.493 e. The van der Waals surface area contributed by atoms with E-state index in [0.717, 1.165) is 20.8 Å². The molecule has 0 fully saturated rings. The Balaban J connectivity index is 1.61. The molecule has 134 valence electrons. The lowest BCUT2D eigenvalue weighted by Gasteiger charge is -2.09. The Labute approximate surface area is 155 Å². The molecule has 0 spiro atoms. The number of rotatable bonds is 7. The predicted molar refractivity (Wildman–Crippen MR) is 103 cm³/mol. The number of hydrogen-bond donors (Lipinski definition) is 0. The first-order valence-corrected chi connectivity index (χ1v) is 9.01. The van der Waals surface area contributed by atoms with Crippen molar-refractivity contribution in [3.05, 3.63) is 59.1 Å². The SMILES string of the molecule is CCOc1cc(/C=C/C(=O)OCc2nc3ccccc3s2)ccc1OC. The highest BCUT2D eigenvalue weighted by molar-refractivity contribution is 7.18. The van der Waals surface area contributed by atoms with Gasteiger partial charge in [-0.15, -0.1) is 11.3 Å². The zero-order valence-electron chi connectivity index (χ0n) is 14.6. The Morgan fingerprint density at radius 3 is 2.81 bits per heavy atom. The highest BCUT2D eigenvalue weighted by Gasteiger charge is 2.07. The van der Waals surface area contributed by atoms with E-state index in [-0.39, 0.29) is 6.61 Å². The zero-order valence-corrected chi connectivity index (χ0v) is 15.4. The molecule has 0 aliphatic carbocycles. The van der Waals surface area contributed by atoms with Crippen LogP contribution in [-0.2, 0) is 16.1 Å². The normalized spacial score (nSPS) is 11.0. The smallest absolute Gasteiger partial charge is 0.331 e. The number of benzene rings is 2. The summed E-state index contributed by atoms with van der Waals surface area (Å²) in [5.74, 6) is 0.875. The van der Waals surface area contributed by atoms with E-state index < -0.39 is 5.97 Å². The van der Waals surface area contributed by atoms with E-state index in [9.17, 15) is 4.79 Å². The molecule has 1 heterocycles. The molecule has 0 bridgehead atoms. The van der Waals surface area contributed by atoms with Gasteiger partial charge in [-0.05, 0) is 42.8 Å². The summed E-state index contributed by atoms with van der Waals surface area (Å²) in [5, 5.41) is 0.774. The fraction of sp³-hybridized carbons (Fsp3) is 0.200. The van der Waals surface area contributed by atoms with Gasteiger partial charge in [-0.25, -0.2) is 9.78 Å². The zero-order chi connectivity index (χ0) is 18.4. The molecule has 0 aliphatic heterocycles. The second-order valence-corrected chi connectivity index (χ2v) is 6.47. The average Bonchev–Trinajstić information content (AvgIpc) is 3.08. The Morgan fingerprint density at radius 2 is 2.04 bits per heavy atom. The van der Waals surface area contributed by atoms with Gasteiger partial charge in [-0.2, -0.15) is 0 Å². The lowest BCUT2D eigenvalue weighted by Crippen LogP contribution is -2.00. The first kappa shape index (κ1) is 17.9. The first-order valence-electron chi connectivity index (χ1n) is 8.19. The van der Waals surface area contributed by atoms with E-state index in [0.29, 0.717) is 18.1 Å². The molecule has 0 saturated heterocycles. The topological polar surface area (TPSA) is 57.7 Å². The average molecular weight is 369 g/mol. The van der Waals surface area contributed by atoms with Crippen molar-refractivity contribution in [2.45, 2.75) is 13.5 Å². The molecule has 0 saturated carbocycles. The molecule has 26 heavy (non-hydrogen) atoms. The Bertz CT molecular complexity index is 899. The number of fused-ring (bicyclic) bond motifs is 1. The second kappa shape index (κ2) is 8.49. The van der Waals surface area contributed by atoms with Crippen molar-refractivity contribution in [3.63, 3.8) is 0 Å². The van der Waals surface area contributed by atoms with Crippen LogP contribution in [-0.4, -0.2) is 24.7 Å². The minimum absolute atomic E-state index is 0.162. The Kier molecular flexibility index (Phi) is 5.86. The molecule has 0 radical (unpaired) electrons. The van der Waals surface area contributed by atoms with Gasteiger partial charge >= 0.3 is 5.97 Å². The van der Waals surface area contributed by atoms with Crippen molar-refractivity contribution in [1.82, 2.24) is 4.98 Å². The van der Waals surface area contributed by atoms with E-state index >= 15 is 0 Å². The molecule has 0 aliphatic rings. The molecule has 0 unspecified atom stereocenters. The molecule has 3 aromatic rings. The predicted octanol–water partition coefficient (Wildman–Crippen LogP) is 4.46. The summed E-state index contributed by atoms with van der Waals surface area (Å²) in [6, 6.07) is 13.3. The van der Waals surface area contributed by atoms with Crippen LogP contribution < -0.4 is 9.47 Å². The number of carbonyl (C=O) groups is 1. The van der Waals surface area contributed by atoms with Gasteiger partial charge in [-0.3, -0.25) is 0 Å². The molecule has 1 aromatic heterocycles. The van der Waals surface area contributed by atoms with E-state index in [2.05, 4.69) is 4.98 Å². The third-order valence-corrected chi connectivity index (χ3v) is 4.59. The van der Waals surface area contributed by atoms with Gasteiger partial charge in [0.15, 0.2) is 11.5 Å². The van der Waals surface area contributed by atoms with Crippen molar-refractivity contribution >= 4 is 33.6 Å². The second-order valence-electron chi connectivity index (χ2n) is 5.36. The number of thiazole rings is 1. The molecule has 0 amide bonds. The summed E-state index contributed by atoms with van der Waals surface area (Å²) >= 11 is 1.52. The van der Waals surface area contributed by atoms with Crippen molar-refractivity contribution in [1.29, 1.82) is 0 Å². The number of para-hydroxylation sites is 1. The number of hydrogen-bond acceptors (Lipinski definition) is 6. The van der Waals surface area contributed by atoms with Crippen LogP contribution in [0.5, 0.6) is 11.5 Å². The molecular weight excluding hydrogens is 350 g/mol. The number of aromatic nitrogens is 1.